The number of alkyl carbamates (subject to hydrolysis) is 1. The van der Waals surface area contributed by atoms with Crippen LogP contribution >= 0.6 is 0 Å². The molecule has 1 N–H and O–H groups in total. The summed E-state index contributed by atoms with van der Waals surface area (Å²) in [7, 11) is -3.84. The first kappa shape index (κ1) is 38.7. The summed E-state index contributed by atoms with van der Waals surface area (Å²) < 4.78 is 46.6. The second-order valence-corrected chi connectivity index (χ2v) is 15.9. The van der Waals surface area contributed by atoms with Crippen molar-refractivity contribution in [1.29, 1.82) is 0 Å². The molecule has 12 heteroatoms. The number of amides is 1. The van der Waals surface area contributed by atoms with Crippen molar-refractivity contribution in [2.75, 3.05) is 6.61 Å². The molecule has 46 heavy (non-hydrogen) atoms. The number of esters is 2. The fraction of sp³-hybridized carbons (Fsp3) is 0.588. The zero-order valence-corrected chi connectivity index (χ0v) is 29.6. The summed E-state index contributed by atoms with van der Waals surface area (Å²) >= 11 is 0. The first-order valence-corrected chi connectivity index (χ1v) is 16.8. The van der Waals surface area contributed by atoms with Crippen LogP contribution in [-0.4, -0.2) is 60.9 Å². The van der Waals surface area contributed by atoms with Gasteiger partial charge in [-0.2, -0.15) is 8.42 Å². The summed E-state index contributed by atoms with van der Waals surface area (Å²) in [4.78, 5) is 43.8. The summed E-state index contributed by atoms with van der Waals surface area (Å²) in [5.74, 6) is -2.11. The van der Waals surface area contributed by atoms with E-state index in [2.05, 4.69) is 10.3 Å². The van der Waals surface area contributed by atoms with Gasteiger partial charge in [-0.1, -0.05) is 23.8 Å². The van der Waals surface area contributed by atoms with Gasteiger partial charge in [0.2, 0.25) is 0 Å². The third kappa shape index (κ3) is 14.7. The summed E-state index contributed by atoms with van der Waals surface area (Å²) in [6.07, 6.45) is 1.82. The molecule has 256 valence electrons. The molecule has 2 rings (SSSR count). The van der Waals surface area contributed by atoms with E-state index in [0.29, 0.717) is 18.5 Å². The normalized spacial score (nSPS) is 13.8. The lowest BCUT2D eigenvalue weighted by Gasteiger charge is -2.29. The minimum Gasteiger partial charge on any atom is -0.460 e. The number of nitrogens with zero attached hydrogens (tertiary/aromatic N) is 1. The van der Waals surface area contributed by atoms with Crippen LogP contribution in [-0.2, 0) is 50.9 Å². The number of aryl methyl sites for hydroxylation is 2. The lowest BCUT2D eigenvalue weighted by atomic mass is 9.93. The number of aromatic nitrogens is 1. The topological polar surface area (TPSA) is 147 Å². The molecular formula is C34H50N2O9S. The van der Waals surface area contributed by atoms with Crippen molar-refractivity contribution in [2.24, 2.45) is 5.92 Å². The van der Waals surface area contributed by atoms with Crippen LogP contribution in [0, 0.1) is 12.8 Å². The molecule has 1 aromatic carbocycles. The van der Waals surface area contributed by atoms with Crippen molar-refractivity contribution >= 4 is 28.1 Å². The molecule has 0 bridgehead atoms. The first-order chi connectivity index (χ1) is 21.0. The molecule has 0 unspecified atom stereocenters. The van der Waals surface area contributed by atoms with E-state index < -0.39 is 56.9 Å². The molecule has 0 aliphatic carbocycles. The number of benzene rings is 1. The van der Waals surface area contributed by atoms with E-state index in [-0.39, 0.29) is 24.3 Å². The molecule has 11 nitrogen and oxygen atoms in total. The molecular weight excluding hydrogens is 612 g/mol. The first-order valence-electron chi connectivity index (χ1n) is 15.4. The van der Waals surface area contributed by atoms with Crippen molar-refractivity contribution < 1.29 is 41.2 Å². The zero-order valence-electron chi connectivity index (χ0n) is 28.8. The SMILES string of the molecule is Cc1ccc(S(=O)(=O)OCCCc2ccc(C[C@@H](C[C@H](NC(=O)OC(C)(C)C)C(=O)OC(C)(C)C)C(=O)OC(C)(C)C)nc2)cc1. The molecule has 0 aliphatic heterocycles. The smallest absolute Gasteiger partial charge is 0.408 e. The van der Waals surface area contributed by atoms with Gasteiger partial charge in [0, 0.05) is 18.3 Å². The van der Waals surface area contributed by atoms with E-state index in [1.807, 2.05) is 13.0 Å². The number of rotatable bonds is 13. The maximum Gasteiger partial charge on any atom is 0.408 e. The Morgan fingerprint density at radius 2 is 1.37 bits per heavy atom. The number of pyridine rings is 1. The Kier molecular flexibility index (Phi) is 13.3. The summed E-state index contributed by atoms with van der Waals surface area (Å²) in [5.41, 5.74) is -0.0561. The Hall–Kier alpha value is -3.51. The second-order valence-electron chi connectivity index (χ2n) is 14.3. The molecule has 0 fully saturated rings. The minimum absolute atomic E-state index is 0.00931. The quantitative estimate of drug-likeness (QED) is 0.120. The fourth-order valence-corrected chi connectivity index (χ4v) is 5.11. The van der Waals surface area contributed by atoms with Gasteiger partial charge >= 0.3 is 18.0 Å². The maximum absolute atomic E-state index is 13.4. The molecule has 1 aromatic heterocycles. The Morgan fingerprint density at radius 1 is 0.804 bits per heavy atom. The van der Waals surface area contributed by atoms with E-state index in [9.17, 15) is 22.8 Å². The van der Waals surface area contributed by atoms with Crippen LogP contribution in [0.2, 0.25) is 0 Å². The van der Waals surface area contributed by atoms with Crippen molar-refractivity contribution in [2.45, 2.75) is 123 Å². The van der Waals surface area contributed by atoms with Gasteiger partial charge in [0.1, 0.15) is 22.8 Å². The van der Waals surface area contributed by atoms with E-state index in [1.54, 1.807) is 86.7 Å². The lowest BCUT2D eigenvalue weighted by Crippen LogP contribution is -2.48. The van der Waals surface area contributed by atoms with Gasteiger partial charge in [0.25, 0.3) is 10.1 Å². The fourth-order valence-electron chi connectivity index (χ4n) is 4.16. The number of hydrogen-bond acceptors (Lipinski definition) is 10. The predicted molar refractivity (Wildman–Crippen MR) is 174 cm³/mol. The number of ether oxygens (including phenoxy) is 3. The largest absolute Gasteiger partial charge is 0.460 e. The molecule has 1 amide bonds. The Labute approximate surface area is 273 Å². The third-order valence-corrected chi connectivity index (χ3v) is 7.47. The second kappa shape index (κ2) is 15.9. The van der Waals surface area contributed by atoms with Crippen molar-refractivity contribution in [1.82, 2.24) is 10.3 Å². The highest BCUT2D eigenvalue weighted by molar-refractivity contribution is 7.86. The highest BCUT2D eigenvalue weighted by Gasteiger charge is 2.35. The molecule has 0 aliphatic rings. The molecule has 2 aromatic rings. The van der Waals surface area contributed by atoms with Crippen LogP contribution in [0.4, 0.5) is 4.79 Å². The number of hydrogen-bond donors (Lipinski definition) is 1. The molecule has 0 spiro atoms. The summed E-state index contributed by atoms with van der Waals surface area (Å²) in [5, 5.41) is 2.57. The number of nitrogens with one attached hydrogen (secondary N) is 1. The average molecular weight is 663 g/mol. The standard InChI is InChI=1S/C34H50N2O9S/c1-23-13-17-27(18-14-23)46(40,41)42-19-11-12-24-15-16-26(35-22-24)20-25(29(37)43-32(2,3)4)21-28(30(38)44-33(5,6)7)36-31(39)45-34(8,9)10/h13-18,22,25,28H,11-12,19-21H2,1-10H3,(H,36,39)/t25-,28-/m0/s1. The van der Waals surface area contributed by atoms with Gasteiger partial charge < -0.3 is 19.5 Å². The molecule has 0 radical (unpaired) electrons. The van der Waals surface area contributed by atoms with Gasteiger partial charge in [0.15, 0.2) is 0 Å². The monoisotopic (exact) mass is 662 g/mol. The number of carbonyl (C=O) groups excluding carboxylic acids is 3. The van der Waals surface area contributed by atoms with Crippen molar-refractivity contribution in [3.05, 3.63) is 59.4 Å². The van der Waals surface area contributed by atoms with E-state index in [1.165, 1.54) is 12.1 Å². The van der Waals surface area contributed by atoms with E-state index in [0.717, 1.165) is 11.1 Å². The maximum atomic E-state index is 13.4. The lowest BCUT2D eigenvalue weighted by molar-refractivity contribution is -0.162. The van der Waals surface area contributed by atoms with Crippen LogP contribution in [0.25, 0.3) is 0 Å². The zero-order chi connectivity index (χ0) is 34.9. The predicted octanol–water partition coefficient (Wildman–Crippen LogP) is 5.85. The van der Waals surface area contributed by atoms with E-state index in [4.69, 9.17) is 18.4 Å². The van der Waals surface area contributed by atoms with Crippen molar-refractivity contribution in [3.63, 3.8) is 0 Å². The van der Waals surface area contributed by atoms with E-state index >= 15 is 0 Å². The van der Waals surface area contributed by atoms with Crippen molar-refractivity contribution in [3.8, 4) is 0 Å². The molecule has 0 saturated heterocycles. The summed E-state index contributed by atoms with van der Waals surface area (Å²) in [6, 6.07) is 8.87. The van der Waals surface area contributed by atoms with Gasteiger partial charge in [-0.05, 0) is 112 Å². The minimum atomic E-state index is -3.84. The third-order valence-electron chi connectivity index (χ3n) is 6.14. The Balaban J connectivity index is 2.15. The van der Waals surface area contributed by atoms with Gasteiger partial charge in [-0.3, -0.25) is 14.0 Å². The van der Waals surface area contributed by atoms with Gasteiger partial charge in [0.05, 0.1) is 17.4 Å². The van der Waals surface area contributed by atoms with Crippen LogP contribution in [0.1, 0.15) is 92.0 Å². The van der Waals surface area contributed by atoms with Gasteiger partial charge in [-0.25, -0.2) is 9.59 Å². The van der Waals surface area contributed by atoms with Crippen LogP contribution < -0.4 is 5.32 Å². The average Bonchev–Trinajstić information content (AvgIpc) is 2.88. The van der Waals surface area contributed by atoms with Gasteiger partial charge in [-0.15, -0.1) is 0 Å². The number of carbonyl (C=O) groups is 3. The Bertz CT molecular complexity index is 1420. The van der Waals surface area contributed by atoms with Crippen LogP contribution in [0.15, 0.2) is 47.5 Å². The van der Waals surface area contributed by atoms with Crippen LogP contribution in [0.3, 0.4) is 0 Å². The molecule has 0 saturated carbocycles. The highest BCUT2D eigenvalue weighted by Crippen LogP contribution is 2.22. The molecule has 1 heterocycles. The highest BCUT2D eigenvalue weighted by atomic mass is 32.2. The Morgan fingerprint density at radius 3 is 1.89 bits per heavy atom. The van der Waals surface area contributed by atoms with Crippen LogP contribution in [0.5, 0.6) is 0 Å². The molecule has 2 atom stereocenters. The summed E-state index contributed by atoms with van der Waals surface area (Å²) in [6.45, 7) is 17.4.